The molecule has 0 aliphatic carbocycles. The molecule has 2 unspecified atom stereocenters. The Morgan fingerprint density at radius 2 is 1.88 bits per heavy atom. The molecule has 2 atom stereocenters. The molecule has 2 nitrogen and oxygen atoms in total. The van der Waals surface area contributed by atoms with E-state index in [1.807, 2.05) is 52.3 Å². The molecule has 0 spiro atoms. The molecule has 0 bridgehead atoms. The van der Waals surface area contributed by atoms with E-state index in [1.54, 1.807) is 12.2 Å². The first kappa shape index (κ1) is 23.1. The second-order valence-electron chi connectivity index (χ2n) is 8.59. The molecule has 2 aliphatic rings. The summed E-state index contributed by atoms with van der Waals surface area (Å²) in [4.78, 5) is 3.89. The summed E-state index contributed by atoms with van der Waals surface area (Å²) in [5.74, 6) is -2.81. The third-order valence-electron chi connectivity index (χ3n) is 6.58. The van der Waals surface area contributed by atoms with Crippen LogP contribution < -0.4 is 0 Å². The predicted molar refractivity (Wildman–Crippen MR) is 131 cm³/mol. The van der Waals surface area contributed by atoms with Crippen LogP contribution in [0.4, 0.5) is 8.78 Å². The molecule has 32 heavy (non-hydrogen) atoms. The maximum atomic E-state index is 15.6. The van der Waals surface area contributed by atoms with Crippen LogP contribution in [0, 0.1) is 0 Å². The van der Waals surface area contributed by atoms with Gasteiger partial charge in [-0.15, -0.1) is 0 Å². The van der Waals surface area contributed by atoms with Gasteiger partial charge in [-0.1, -0.05) is 83.7 Å². The Morgan fingerprint density at radius 1 is 1.09 bits per heavy atom. The first-order valence-electron chi connectivity index (χ1n) is 11.1. The van der Waals surface area contributed by atoms with Crippen LogP contribution >= 0.6 is 15.9 Å². The Balaban J connectivity index is 1.56. The standard InChI is InChI=1S/C27H29BrF2N2/c1-3-8-20(4-2)26(21-9-6-5-7-10-21)32-16-14-25(27(29,30)19-32)31-15-13-22-17-24(28)12-11-23(22)18-31/h3-12,17,25-26H,1-2,13-16,18-19H2/b20-8+. The van der Waals surface area contributed by atoms with E-state index in [4.69, 9.17) is 0 Å². The number of likely N-dealkylation sites (tertiary alicyclic amines) is 1. The molecule has 1 fully saturated rings. The molecule has 1 saturated heterocycles. The zero-order valence-electron chi connectivity index (χ0n) is 18.2. The Hall–Kier alpha value is -2.08. The van der Waals surface area contributed by atoms with Crippen molar-refractivity contribution >= 4 is 15.9 Å². The molecule has 2 heterocycles. The normalized spacial score (nSPS) is 22.7. The summed E-state index contributed by atoms with van der Waals surface area (Å²) in [6, 6.07) is 15.0. The highest BCUT2D eigenvalue weighted by Crippen LogP contribution is 2.39. The van der Waals surface area contributed by atoms with E-state index in [0.717, 1.165) is 27.6 Å². The molecule has 168 valence electrons. The minimum atomic E-state index is -2.81. The van der Waals surface area contributed by atoms with Gasteiger partial charge in [0.05, 0.1) is 18.6 Å². The lowest BCUT2D eigenvalue weighted by atomic mass is 9.90. The van der Waals surface area contributed by atoms with Crippen LogP contribution in [0.3, 0.4) is 0 Å². The second-order valence-corrected chi connectivity index (χ2v) is 9.50. The highest BCUT2D eigenvalue weighted by molar-refractivity contribution is 9.10. The number of nitrogens with zero attached hydrogens (tertiary/aromatic N) is 2. The van der Waals surface area contributed by atoms with Gasteiger partial charge in [0.2, 0.25) is 0 Å². The highest BCUT2D eigenvalue weighted by atomic mass is 79.9. The fraction of sp³-hybridized carbons (Fsp3) is 0.333. The third-order valence-corrected chi connectivity index (χ3v) is 7.08. The van der Waals surface area contributed by atoms with Crippen LogP contribution in [0.15, 0.2) is 90.0 Å². The molecule has 0 aromatic heterocycles. The summed E-state index contributed by atoms with van der Waals surface area (Å²) in [5, 5.41) is 0. The lowest BCUT2D eigenvalue weighted by molar-refractivity contribution is -0.135. The number of rotatable bonds is 6. The monoisotopic (exact) mass is 498 g/mol. The molecule has 2 aromatic carbocycles. The van der Waals surface area contributed by atoms with E-state index in [0.29, 0.717) is 26.1 Å². The van der Waals surface area contributed by atoms with Gasteiger partial charge in [-0.2, -0.15) is 0 Å². The van der Waals surface area contributed by atoms with Gasteiger partial charge in [0.1, 0.15) is 0 Å². The number of hydrogen-bond donors (Lipinski definition) is 0. The van der Waals surface area contributed by atoms with Gasteiger partial charge < -0.3 is 0 Å². The molecule has 0 N–H and O–H groups in total. The van der Waals surface area contributed by atoms with Gasteiger partial charge in [-0.3, -0.25) is 9.80 Å². The van der Waals surface area contributed by atoms with Gasteiger partial charge >= 0.3 is 0 Å². The maximum absolute atomic E-state index is 15.6. The first-order chi connectivity index (χ1) is 15.4. The van der Waals surface area contributed by atoms with Crippen molar-refractivity contribution in [1.82, 2.24) is 9.80 Å². The van der Waals surface area contributed by atoms with Gasteiger partial charge in [0.25, 0.3) is 5.92 Å². The smallest absolute Gasteiger partial charge is 0.275 e. The largest absolute Gasteiger partial charge is 0.290 e. The fourth-order valence-corrected chi connectivity index (χ4v) is 5.50. The minimum Gasteiger partial charge on any atom is -0.290 e. The lowest BCUT2D eigenvalue weighted by Gasteiger charge is -2.47. The highest BCUT2D eigenvalue weighted by Gasteiger charge is 2.49. The van der Waals surface area contributed by atoms with Crippen molar-refractivity contribution in [1.29, 1.82) is 0 Å². The van der Waals surface area contributed by atoms with Crippen molar-refractivity contribution in [3.8, 4) is 0 Å². The van der Waals surface area contributed by atoms with Gasteiger partial charge in [0, 0.05) is 24.1 Å². The van der Waals surface area contributed by atoms with E-state index in [9.17, 15) is 0 Å². The average Bonchev–Trinajstić information content (AvgIpc) is 2.78. The Morgan fingerprint density at radius 3 is 2.56 bits per heavy atom. The molecule has 0 radical (unpaired) electrons. The first-order valence-corrected chi connectivity index (χ1v) is 11.9. The number of halogens is 3. The third kappa shape index (κ3) is 4.80. The number of fused-ring (bicyclic) bond motifs is 1. The second kappa shape index (κ2) is 9.82. The van der Waals surface area contributed by atoms with E-state index >= 15 is 8.78 Å². The number of piperidine rings is 1. The van der Waals surface area contributed by atoms with Crippen LogP contribution in [0.5, 0.6) is 0 Å². The number of alkyl halides is 2. The number of benzene rings is 2. The average molecular weight is 499 g/mol. The lowest BCUT2D eigenvalue weighted by Crippen LogP contribution is -2.59. The summed E-state index contributed by atoms with van der Waals surface area (Å²) >= 11 is 3.51. The molecule has 0 amide bonds. The maximum Gasteiger partial charge on any atom is 0.275 e. The zero-order chi connectivity index (χ0) is 22.7. The van der Waals surface area contributed by atoms with E-state index in [2.05, 4.69) is 41.2 Å². The summed E-state index contributed by atoms with van der Waals surface area (Å²) in [7, 11) is 0. The summed E-state index contributed by atoms with van der Waals surface area (Å²) in [6.45, 7) is 9.30. The van der Waals surface area contributed by atoms with Gasteiger partial charge in [0.15, 0.2) is 0 Å². The van der Waals surface area contributed by atoms with E-state index in [-0.39, 0.29) is 12.6 Å². The summed E-state index contributed by atoms with van der Waals surface area (Å²) in [5.41, 5.74) is 4.29. The SMILES string of the molecule is C=C/C=C(\C=C)C(c1ccccc1)N1CCC(N2CCc3cc(Br)ccc3C2)C(F)(F)C1. The van der Waals surface area contributed by atoms with Crippen molar-refractivity contribution in [2.75, 3.05) is 19.6 Å². The van der Waals surface area contributed by atoms with Crippen molar-refractivity contribution in [3.05, 3.63) is 107 Å². The predicted octanol–water partition coefficient (Wildman–Crippen LogP) is 6.56. The Bertz CT molecular complexity index is 1000. The van der Waals surface area contributed by atoms with Gasteiger partial charge in [-0.05, 0) is 47.2 Å². The van der Waals surface area contributed by atoms with E-state index in [1.165, 1.54) is 5.56 Å². The van der Waals surface area contributed by atoms with Crippen LogP contribution in [0.1, 0.15) is 29.2 Å². The van der Waals surface area contributed by atoms with Crippen LogP contribution in [-0.4, -0.2) is 41.4 Å². The molecule has 0 saturated carbocycles. The quantitative estimate of drug-likeness (QED) is 0.416. The van der Waals surface area contributed by atoms with E-state index < -0.39 is 12.0 Å². The fourth-order valence-electron chi connectivity index (χ4n) is 5.09. The Labute approximate surface area is 198 Å². The molecular weight excluding hydrogens is 470 g/mol. The molecular formula is C27H29BrF2N2. The van der Waals surface area contributed by atoms with Crippen LogP contribution in [-0.2, 0) is 13.0 Å². The van der Waals surface area contributed by atoms with Crippen molar-refractivity contribution in [3.63, 3.8) is 0 Å². The van der Waals surface area contributed by atoms with Crippen molar-refractivity contribution in [2.45, 2.75) is 37.4 Å². The topological polar surface area (TPSA) is 6.48 Å². The molecule has 2 aliphatic heterocycles. The summed E-state index contributed by atoms with van der Waals surface area (Å²) < 4.78 is 32.3. The summed E-state index contributed by atoms with van der Waals surface area (Å²) in [6.07, 6.45) is 6.56. The molecule has 4 rings (SSSR count). The van der Waals surface area contributed by atoms with Crippen molar-refractivity contribution in [2.24, 2.45) is 0 Å². The molecule has 2 aromatic rings. The van der Waals surface area contributed by atoms with Crippen LogP contribution in [0.2, 0.25) is 0 Å². The molecule has 5 heteroatoms. The van der Waals surface area contributed by atoms with Crippen LogP contribution in [0.25, 0.3) is 0 Å². The Kier molecular flexibility index (Phi) is 7.08. The number of allylic oxidation sites excluding steroid dienone is 2. The van der Waals surface area contributed by atoms with Crippen molar-refractivity contribution < 1.29 is 8.78 Å². The number of hydrogen-bond acceptors (Lipinski definition) is 2. The minimum absolute atomic E-state index is 0.266. The zero-order valence-corrected chi connectivity index (χ0v) is 19.8. The van der Waals surface area contributed by atoms with Gasteiger partial charge in [-0.25, -0.2) is 8.78 Å².